The van der Waals surface area contributed by atoms with E-state index in [9.17, 15) is 9.59 Å². The molecule has 0 saturated carbocycles. The molecule has 0 radical (unpaired) electrons. The van der Waals surface area contributed by atoms with Crippen LogP contribution in [0.2, 0.25) is 0 Å². The second kappa shape index (κ2) is 4.78. The fourth-order valence-corrected chi connectivity index (χ4v) is 0.997. The van der Waals surface area contributed by atoms with E-state index in [1.165, 1.54) is 13.0 Å². The van der Waals surface area contributed by atoms with Gasteiger partial charge in [-0.25, -0.2) is 0 Å². The maximum absolute atomic E-state index is 11.5. The van der Waals surface area contributed by atoms with E-state index in [1.54, 1.807) is 0 Å². The number of aliphatic carboxylic acids is 1. The number of carboxylic acid groups (broad SMARTS) is 1. The van der Waals surface area contributed by atoms with Gasteiger partial charge in [0, 0.05) is 6.07 Å². The van der Waals surface area contributed by atoms with Crippen LogP contribution in [0, 0.1) is 0 Å². The first-order valence-electron chi connectivity index (χ1n) is 4.92. The van der Waals surface area contributed by atoms with Crippen LogP contribution in [0.25, 0.3) is 0 Å². The first-order valence-corrected chi connectivity index (χ1v) is 4.92. The monoisotopic (exact) mass is 226 g/mol. The van der Waals surface area contributed by atoms with Crippen molar-refractivity contribution in [3.8, 4) is 0 Å². The summed E-state index contributed by atoms with van der Waals surface area (Å²) in [6.45, 7) is 5.21. The van der Waals surface area contributed by atoms with Crippen molar-refractivity contribution in [1.82, 2.24) is 10.5 Å². The van der Waals surface area contributed by atoms with Gasteiger partial charge in [0.05, 0.1) is 5.69 Å². The highest BCUT2D eigenvalue weighted by atomic mass is 16.5. The zero-order valence-electron chi connectivity index (χ0n) is 9.35. The zero-order valence-corrected chi connectivity index (χ0v) is 9.35. The molecule has 0 bridgehead atoms. The number of carbonyl (C=O) groups is 2. The molecule has 6 heteroatoms. The van der Waals surface area contributed by atoms with Gasteiger partial charge in [0.25, 0.3) is 5.91 Å². The number of hydrogen-bond donors (Lipinski definition) is 2. The third-order valence-corrected chi connectivity index (χ3v) is 2.06. The third kappa shape index (κ3) is 2.82. The predicted molar refractivity (Wildman–Crippen MR) is 55.2 cm³/mol. The van der Waals surface area contributed by atoms with Crippen molar-refractivity contribution in [2.45, 2.75) is 32.7 Å². The van der Waals surface area contributed by atoms with Gasteiger partial charge in [-0.05, 0) is 12.8 Å². The first kappa shape index (κ1) is 12.2. The van der Waals surface area contributed by atoms with Crippen molar-refractivity contribution >= 4 is 11.9 Å². The number of carbonyl (C=O) groups excluding carboxylic acids is 1. The number of rotatable bonds is 4. The van der Waals surface area contributed by atoms with Gasteiger partial charge in [-0.2, -0.15) is 0 Å². The lowest BCUT2D eigenvalue weighted by molar-refractivity contribution is -0.138. The lowest BCUT2D eigenvalue weighted by Crippen LogP contribution is -2.38. The van der Waals surface area contributed by atoms with Crippen LogP contribution in [-0.2, 0) is 4.79 Å². The molecular formula is C10H14N2O4. The Kier molecular flexibility index (Phi) is 3.65. The number of amides is 1. The third-order valence-electron chi connectivity index (χ3n) is 2.06. The van der Waals surface area contributed by atoms with Crippen LogP contribution in [-0.4, -0.2) is 28.2 Å². The average Bonchev–Trinajstić information content (AvgIpc) is 2.65. The molecule has 1 aromatic heterocycles. The van der Waals surface area contributed by atoms with Gasteiger partial charge in [0.15, 0.2) is 0 Å². The molecular weight excluding hydrogens is 212 g/mol. The number of nitrogens with zero attached hydrogens (tertiary/aromatic N) is 1. The number of carboxylic acids is 1. The van der Waals surface area contributed by atoms with Crippen LogP contribution in [0.4, 0.5) is 0 Å². The topological polar surface area (TPSA) is 92.4 Å². The van der Waals surface area contributed by atoms with Crippen LogP contribution < -0.4 is 5.32 Å². The van der Waals surface area contributed by atoms with E-state index in [-0.39, 0.29) is 11.7 Å². The van der Waals surface area contributed by atoms with E-state index in [0.29, 0.717) is 5.69 Å². The van der Waals surface area contributed by atoms with E-state index in [2.05, 4.69) is 10.5 Å². The van der Waals surface area contributed by atoms with Crippen molar-refractivity contribution in [3.05, 3.63) is 17.5 Å². The molecule has 16 heavy (non-hydrogen) atoms. The molecule has 1 rings (SSSR count). The lowest BCUT2D eigenvalue weighted by atomic mass is 10.1. The fraction of sp³-hybridized carbons (Fsp3) is 0.500. The molecule has 0 fully saturated rings. The minimum atomic E-state index is -1.10. The molecule has 1 atom stereocenters. The molecule has 0 aliphatic carbocycles. The van der Waals surface area contributed by atoms with E-state index in [1.807, 2.05) is 13.8 Å². The Morgan fingerprint density at radius 1 is 1.44 bits per heavy atom. The minimum Gasteiger partial charge on any atom is -0.480 e. The van der Waals surface area contributed by atoms with Gasteiger partial charge in [-0.1, -0.05) is 19.0 Å². The molecule has 0 spiro atoms. The fourth-order valence-electron chi connectivity index (χ4n) is 0.997. The van der Waals surface area contributed by atoms with Crippen LogP contribution in [0.1, 0.15) is 42.9 Å². The first-order chi connectivity index (χ1) is 7.41. The summed E-state index contributed by atoms with van der Waals surface area (Å²) < 4.78 is 4.81. The molecule has 1 aromatic rings. The molecule has 1 unspecified atom stereocenters. The number of nitrogens with one attached hydrogen (secondary N) is 1. The smallest absolute Gasteiger partial charge is 0.325 e. The maximum atomic E-state index is 11.5. The summed E-state index contributed by atoms with van der Waals surface area (Å²) in [6, 6.07) is 0.550. The minimum absolute atomic E-state index is 0.0248. The Balaban J connectivity index is 2.70. The van der Waals surface area contributed by atoms with E-state index < -0.39 is 17.9 Å². The van der Waals surface area contributed by atoms with Crippen LogP contribution in [0.5, 0.6) is 0 Å². The van der Waals surface area contributed by atoms with Gasteiger partial charge in [-0.3, -0.25) is 9.59 Å². The Bertz CT molecular complexity index is 397. The maximum Gasteiger partial charge on any atom is 0.325 e. The molecule has 0 aliphatic rings. The lowest BCUT2D eigenvalue weighted by Gasteiger charge is -2.06. The average molecular weight is 226 g/mol. The molecule has 88 valence electrons. The summed E-state index contributed by atoms with van der Waals surface area (Å²) in [7, 11) is 0. The molecule has 1 heterocycles. The van der Waals surface area contributed by atoms with Gasteiger partial charge >= 0.3 is 5.97 Å². The predicted octanol–water partition coefficient (Wildman–Crippen LogP) is 1.00. The Hall–Kier alpha value is -1.85. The second-order valence-electron chi connectivity index (χ2n) is 3.80. The molecule has 0 aliphatic heterocycles. The van der Waals surface area contributed by atoms with E-state index >= 15 is 0 Å². The highest BCUT2D eigenvalue weighted by Gasteiger charge is 2.19. The number of aromatic nitrogens is 1. The summed E-state index contributed by atoms with van der Waals surface area (Å²) in [5.41, 5.74) is 0.660. The van der Waals surface area contributed by atoms with Crippen molar-refractivity contribution in [1.29, 1.82) is 0 Å². The number of hydrogen-bond acceptors (Lipinski definition) is 4. The highest BCUT2D eigenvalue weighted by Crippen LogP contribution is 2.13. The van der Waals surface area contributed by atoms with E-state index in [4.69, 9.17) is 9.63 Å². The van der Waals surface area contributed by atoms with Crippen molar-refractivity contribution in [2.24, 2.45) is 0 Å². The Morgan fingerprint density at radius 2 is 2.06 bits per heavy atom. The molecule has 0 aromatic carbocycles. The highest BCUT2D eigenvalue weighted by molar-refractivity contribution is 5.94. The van der Waals surface area contributed by atoms with E-state index in [0.717, 1.165) is 0 Å². The molecule has 1 amide bonds. The quantitative estimate of drug-likeness (QED) is 0.799. The Labute approximate surface area is 92.6 Å². The molecule has 0 saturated heterocycles. The van der Waals surface area contributed by atoms with Crippen molar-refractivity contribution in [2.75, 3.05) is 0 Å². The molecule has 2 N–H and O–H groups in total. The van der Waals surface area contributed by atoms with Gasteiger partial charge in [0.2, 0.25) is 5.76 Å². The normalized spacial score (nSPS) is 12.5. The van der Waals surface area contributed by atoms with Gasteiger partial charge in [0.1, 0.15) is 6.04 Å². The summed E-state index contributed by atoms with van der Waals surface area (Å²) in [6.07, 6.45) is 0. The van der Waals surface area contributed by atoms with Gasteiger partial charge < -0.3 is 14.9 Å². The Morgan fingerprint density at radius 3 is 2.50 bits per heavy atom. The summed E-state index contributed by atoms with van der Waals surface area (Å²) in [4.78, 5) is 22.0. The standard InChI is InChI=1S/C10H14N2O4/c1-5(2)7-4-8(16-12-7)9(13)11-6(3)10(14)15/h4-6H,1-3H3,(H,11,13)(H,14,15). The van der Waals surface area contributed by atoms with Gasteiger partial charge in [-0.15, -0.1) is 0 Å². The van der Waals surface area contributed by atoms with Crippen molar-refractivity contribution in [3.63, 3.8) is 0 Å². The SMILES string of the molecule is CC(NC(=O)c1cc(C(C)C)no1)C(=O)O. The van der Waals surface area contributed by atoms with Crippen LogP contribution >= 0.6 is 0 Å². The zero-order chi connectivity index (χ0) is 12.3. The van der Waals surface area contributed by atoms with Crippen LogP contribution in [0.15, 0.2) is 10.6 Å². The van der Waals surface area contributed by atoms with Crippen molar-refractivity contribution < 1.29 is 19.2 Å². The summed E-state index contributed by atoms with van der Waals surface area (Å²) >= 11 is 0. The molecule has 6 nitrogen and oxygen atoms in total. The van der Waals surface area contributed by atoms with Crippen LogP contribution in [0.3, 0.4) is 0 Å². The second-order valence-corrected chi connectivity index (χ2v) is 3.80. The summed E-state index contributed by atoms with van der Waals surface area (Å²) in [5, 5.41) is 14.6. The largest absolute Gasteiger partial charge is 0.480 e. The summed E-state index contributed by atoms with van der Waals surface area (Å²) in [5.74, 6) is -1.50.